The molecule has 3 aromatic rings. The number of amides is 1. The third-order valence-electron chi connectivity index (χ3n) is 4.48. The Balaban J connectivity index is 1.67. The molecular weight excluding hydrogens is 354 g/mol. The van der Waals surface area contributed by atoms with Gasteiger partial charge in [-0.15, -0.1) is 0 Å². The number of rotatable bonds is 6. The smallest absolute Gasteiger partial charge is 0.233 e. The van der Waals surface area contributed by atoms with Crippen LogP contribution in [0.3, 0.4) is 0 Å². The summed E-state index contributed by atoms with van der Waals surface area (Å²) in [5.74, 6) is 0.369. The van der Waals surface area contributed by atoms with Crippen molar-refractivity contribution in [3.05, 3.63) is 78.0 Å². The molecule has 0 fully saturated rings. The molecule has 0 saturated carbocycles. The molecule has 3 rings (SSSR count). The van der Waals surface area contributed by atoms with Crippen molar-refractivity contribution in [1.82, 2.24) is 14.9 Å². The van der Waals surface area contributed by atoms with Crippen molar-refractivity contribution in [3.63, 3.8) is 0 Å². The van der Waals surface area contributed by atoms with Gasteiger partial charge in [0, 0.05) is 18.3 Å². The Morgan fingerprint density at radius 2 is 1.67 bits per heavy atom. The molecule has 0 aliphatic carbocycles. The summed E-state index contributed by atoms with van der Waals surface area (Å²) in [6.07, 6.45) is 0. The first kappa shape index (κ1) is 19.1. The van der Waals surface area contributed by atoms with Crippen LogP contribution < -0.4 is 0 Å². The number of nitrogens with zero attached hydrogens (tertiary/aromatic N) is 3. The summed E-state index contributed by atoms with van der Waals surface area (Å²) in [5, 5.41) is 0.628. The fourth-order valence-corrected chi connectivity index (χ4v) is 3.59. The third kappa shape index (κ3) is 4.95. The van der Waals surface area contributed by atoms with Crippen molar-refractivity contribution in [1.29, 1.82) is 0 Å². The fraction of sp³-hybridized carbons (Fsp3) is 0.227. The maximum absolute atomic E-state index is 12.6. The molecule has 5 heteroatoms. The minimum Gasteiger partial charge on any atom is -0.338 e. The normalized spacial score (nSPS) is 11.8. The van der Waals surface area contributed by atoms with E-state index in [2.05, 4.69) is 9.97 Å². The van der Waals surface area contributed by atoms with Gasteiger partial charge in [0.15, 0.2) is 5.16 Å². The molecule has 138 valence electrons. The molecule has 0 aliphatic rings. The van der Waals surface area contributed by atoms with E-state index in [9.17, 15) is 4.79 Å². The van der Waals surface area contributed by atoms with Gasteiger partial charge >= 0.3 is 0 Å². The molecule has 0 bridgehead atoms. The van der Waals surface area contributed by atoms with Crippen LogP contribution in [0.25, 0.3) is 11.3 Å². The van der Waals surface area contributed by atoms with Gasteiger partial charge in [0.05, 0.1) is 17.5 Å². The van der Waals surface area contributed by atoms with Crippen LogP contribution in [0.15, 0.2) is 71.9 Å². The number of hydrogen-bond acceptors (Lipinski definition) is 4. The van der Waals surface area contributed by atoms with Crippen molar-refractivity contribution in [2.75, 3.05) is 12.8 Å². The Hall–Kier alpha value is -2.66. The minimum absolute atomic E-state index is 0.0256. The summed E-state index contributed by atoms with van der Waals surface area (Å²) in [6, 6.07) is 22.0. The summed E-state index contributed by atoms with van der Waals surface area (Å²) < 4.78 is 0. The van der Waals surface area contributed by atoms with E-state index in [1.54, 1.807) is 4.90 Å². The molecule has 1 amide bonds. The van der Waals surface area contributed by atoms with Crippen LogP contribution in [0.2, 0.25) is 0 Å². The molecule has 1 aromatic heterocycles. The first-order valence-corrected chi connectivity index (χ1v) is 9.87. The van der Waals surface area contributed by atoms with Gasteiger partial charge in [0.1, 0.15) is 0 Å². The van der Waals surface area contributed by atoms with Gasteiger partial charge in [-0.1, -0.05) is 72.4 Å². The average Bonchev–Trinajstić information content (AvgIpc) is 2.71. The van der Waals surface area contributed by atoms with Crippen molar-refractivity contribution >= 4 is 17.7 Å². The summed E-state index contributed by atoms with van der Waals surface area (Å²) in [6.45, 7) is 3.98. The topological polar surface area (TPSA) is 46.1 Å². The van der Waals surface area contributed by atoms with Crippen LogP contribution in [0.5, 0.6) is 0 Å². The zero-order chi connectivity index (χ0) is 19.2. The standard InChI is InChI=1S/C22H23N3OS/c1-16-14-20(19-12-8-5-9-13-19)24-22(23-16)27-15-21(26)25(3)17(2)18-10-6-4-7-11-18/h4-14,17H,15H2,1-3H3/t17-/m1/s1. The maximum atomic E-state index is 12.6. The van der Waals surface area contributed by atoms with E-state index in [1.807, 2.05) is 87.6 Å². The van der Waals surface area contributed by atoms with E-state index in [-0.39, 0.29) is 11.9 Å². The van der Waals surface area contributed by atoms with Gasteiger partial charge in [-0.05, 0) is 25.5 Å². The van der Waals surface area contributed by atoms with Gasteiger partial charge < -0.3 is 4.90 Å². The number of hydrogen-bond donors (Lipinski definition) is 0. The van der Waals surface area contributed by atoms with Gasteiger partial charge in [0.25, 0.3) is 0 Å². The number of aryl methyl sites for hydroxylation is 1. The quantitative estimate of drug-likeness (QED) is 0.459. The number of benzene rings is 2. The monoisotopic (exact) mass is 377 g/mol. The van der Waals surface area contributed by atoms with E-state index in [0.717, 1.165) is 22.5 Å². The van der Waals surface area contributed by atoms with Crippen LogP contribution in [0.4, 0.5) is 0 Å². The van der Waals surface area contributed by atoms with Crippen LogP contribution in [-0.4, -0.2) is 33.6 Å². The second-order valence-corrected chi connectivity index (χ2v) is 7.37. The van der Waals surface area contributed by atoms with Crippen LogP contribution in [-0.2, 0) is 4.79 Å². The third-order valence-corrected chi connectivity index (χ3v) is 5.32. The molecular formula is C22H23N3OS. The van der Waals surface area contributed by atoms with Crippen LogP contribution in [0, 0.1) is 6.92 Å². The second-order valence-electron chi connectivity index (χ2n) is 6.42. The highest BCUT2D eigenvalue weighted by Crippen LogP contribution is 2.23. The summed E-state index contributed by atoms with van der Waals surface area (Å²) >= 11 is 1.38. The van der Waals surface area contributed by atoms with Crippen molar-refractivity contribution < 1.29 is 4.79 Å². The lowest BCUT2D eigenvalue weighted by Crippen LogP contribution is -2.31. The van der Waals surface area contributed by atoms with Gasteiger partial charge in [-0.3, -0.25) is 4.79 Å². The number of carbonyl (C=O) groups is 1. The van der Waals surface area contributed by atoms with E-state index in [0.29, 0.717) is 10.9 Å². The lowest BCUT2D eigenvalue weighted by Gasteiger charge is -2.25. The molecule has 4 nitrogen and oxygen atoms in total. The molecule has 27 heavy (non-hydrogen) atoms. The van der Waals surface area contributed by atoms with Gasteiger partial charge in [-0.2, -0.15) is 0 Å². The molecule has 0 unspecified atom stereocenters. The molecule has 0 aliphatic heterocycles. The highest BCUT2D eigenvalue weighted by Gasteiger charge is 2.18. The minimum atomic E-state index is 0.0256. The van der Waals surface area contributed by atoms with Crippen LogP contribution in [0.1, 0.15) is 24.2 Å². The second kappa shape index (κ2) is 8.82. The predicted molar refractivity (Wildman–Crippen MR) is 111 cm³/mol. The Bertz CT molecular complexity index is 900. The zero-order valence-electron chi connectivity index (χ0n) is 15.8. The Morgan fingerprint density at radius 3 is 2.33 bits per heavy atom. The number of thioether (sulfide) groups is 1. The number of aromatic nitrogens is 2. The maximum Gasteiger partial charge on any atom is 0.233 e. The predicted octanol–water partition coefficient (Wildman–Crippen LogP) is 4.76. The molecule has 0 radical (unpaired) electrons. The molecule has 0 N–H and O–H groups in total. The average molecular weight is 378 g/mol. The Kier molecular flexibility index (Phi) is 6.24. The fourth-order valence-electron chi connectivity index (χ4n) is 2.76. The highest BCUT2D eigenvalue weighted by molar-refractivity contribution is 7.99. The number of carbonyl (C=O) groups excluding carboxylic acids is 1. The Labute approximate surface area is 164 Å². The Morgan fingerprint density at radius 1 is 1.04 bits per heavy atom. The lowest BCUT2D eigenvalue weighted by atomic mass is 10.1. The summed E-state index contributed by atoms with van der Waals surface area (Å²) in [4.78, 5) is 23.5. The van der Waals surface area contributed by atoms with E-state index in [4.69, 9.17) is 0 Å². The molecule has 2 aromatic carbocycles. The first-order chi connectivity index (χ1) is 13.0. The van der Waals surface area contributed by atoms with Crippen LogP contribution >= 0.6 is 11.8 Å². The molecule has 0 spiro atoms. The lowest BCUT2D eigenvalue weighted by molar-refractivity contribution is -0.128. The SMILES string of the molecule is Cc1cc(-c2ccccc2)nc(SCC(=O)N(C)[C@H](C)c2ccccc2)n1. The van der Waals surface area contributed by atoms with Crippen molar-refractivity contribution in [2.45, 2.75) is 25.0 Å². The first-order valence-electron chi connectivity index (χ1n) is 8.89. The molecule has 1 heterocycles. The zero-order valence-corrected chi connectivity index (χ0v) is 16.6. The van der Waals surface area contributed by atoms with E-state index in [1.165, 1.54) is 11.8 Å². The highest BCUT2D eigenvalue weighted by atomic mass is 32.2. The van der Waals surface area contributed by atoms with E-state index < -0.39 is 0 Å². The van der Waals surface area contributed by atoms with Crippen molar-refractivity contribution in [2.24, 2.45) is 0 Å². The van der Waals surface area contributed by atoms with Gasteiger partial charge in [0.2, 0.25) is 5.91 Å². The van der Waals surface area contributed by atoms with Gasteiger partial charge in [-0.25, -0.2) is 9.97 Å². The summed E-state index contributed by atoms with van der Waals surface area (Å²) in [7, 11) is 1.84. The largest absolute Gasteiger partial charge is 0.338 e. The molecule has 0 saturated heterocycles. The van der Waals surface area contributed by atoms with Crippen molar-refractivity contribution in [3.8, 4) is 11.3 Å². The van der Waals surface area contributed by atoms with E-state index >= 15 is 0 Å². The summed E-state index contributed by atoms with van der Waals surface area (Å²) in [5.41, 5.74) is 3.94. The molecule has 1 atom stereocenters.